The van der Waals surface area contributed by atoms with Gasteiger partial charge in [-0.05, 0) is 25.1 Å². The summed E-state index contributed by atoms with van der Waals surface area (Å²) in [4.78, 5) is 30.7. The number of aromatic amines is 1. The van der Waals surface area contributed by atoms with E-state index >= 15 is 0 Å². The number of H-pyrrole nitrogens is 1. The van der Waals surface area contributed by atoms with Crippen molar-refractivity contribution in [3.05, 3.63) is 57.1 Å². The predicted octanol–water partition coefficient (Wildman–Crippen LogP) is 0.721. The van der Waals surface area contributed by atoms with Crippen LogP contribution in [-0.4, -0.2) is 19.1 Å². The normalized spacial score (nSPS) is 11.1. The summed E-state index contributed by atoms with van der Waals surface area (Å²) < 4.78 is 2.87. The molecule has 0 unspecified atom stereocenters. The number of imidazole rings is 1. The molecule has 0 aliphatic carbocycles. The van der Waals surface area contributed by atoms with E-state index in [1.54, 1.807) is 31.6 Å². The van der Waals surface area contributed by atoms with Crippen molar-refractivity contribution in [2.75, 3.05) is 0 Å². The molecule has 0 aromatic carbocycles. The molecule has 3 heterocycles. The maximum absolute atomic E-state index is 12.0. The van der Waals surface area contributed by atoms with Gasteiger partial charge in [-0.15, -0.1) is 0 Å². The second-order valence-electron chi connectivity index (χ2n) is 4.42. The molecule has 1 N–H and O–H groups in total. The van der Waals surface area contributed by atoms with Gasteiger partial charge in [0.25, 0.3) is 5.56 Å². The standard InChI is InChI=1S/C13H12N4O2/c1-8-3-4-9(7-14-8)17-10-5-6-16(2)12(18)11(10)15-13(17)19/h3-7H,1-2H3,(H,15,19). The lowest BCUT2D eigenvalue weighted by atomic mass is 10.3. The average Bonchev–Trinajstić information content (AvgIpc) is 2.73. The molecule has 0 saturated carbocycles. The third-order valence-electron chi connectivity index (χ3n) is 3.08. The Labute approximate surface area is 108 Å². The van der Waals surface area contributed by atoms with Crippen molar-refractivity contribution in [2.24, 2.45) is 7.05 Å². The average molecular weight is 256 g/mol. The first-order chi connectivity index (χ1) is 9.08. The van der Waals surface area contributed by atoms with Crippen LogP contribution in [0.15, 0.2) is 40.2 Å². The van der Waals surface area contributed by atoms with Crippen LogP contribution in [0.1, 0.15) is 5.69 Å². The van der Waals surface area contributed by atoms with Gasteiger partial charge in [-0.2, -0.15) is 0 Å². The predicted molar refractivity (Wildman–Crippen MR) is 71.7 cm³/mol. The number of nitrogens with zero attached hydrogens (tertiary/aromatic N) is 3. The van der Waals surface area contributed by atoms with E-state index in [0.29, 0.717) is 16.7 Å². The Hall–Kier alpha value is -2.63. The van der Waals surface area contributed by atoms with Gasteiger partial charge < -0.3 is 9.55 Å². The Morgan fingerprint density at radius 2 is 2.00 bits per heavy atom. The molecular weight excluding hydrogens is 244 g/mol. The highest BCUT2D eigenvalue weighted by atomic mass is 16.2. The summed E-state index contributed by atoms with van der Waals surface area (Å²) in [6, 6.07) is 5.35. The minimum Gasteiger partial charge on any atom is -0.317 e. The summed E-state index contributed by atoms with van der Waals surface area (Å²) in [5.41, 5.74) is 1.79. The molecule has 0 aliphatic rings. The number of aryl methyl sites for hydroxylation is 2. The molecule has 0 radical (unpaired) electrons. The molecule has 0 fully saturated rings. The summed E-state index contributed by atoms with van der Waals surface area (Å²) >= 11 is 0. The van der Waals surface area contributed by atoms with Crippen molar-refractivity contribution in [3.8, 4) is 5.69 Å². The van der Waals surface area contributed by atoms with E-state index in [-0.39, 0.29) is 11.2 Å². The highest BCUT2D eigenvalue weighted by Crippen LogP contribution is 2.11. The molecule has 0 aliphatic heterocycles. The van der Waals surface area contributed by atoms with E-state index in [1.807, 2.05) is 13.0 Å². The van der Waals surface area contributed by atoms with Gasteiger partial charge in [-0.3, -0.25) is 14.3 Å². The second kappa shape index (κ2) is 3.94. The molecule has 0 saturated heterocycles. The van der Waals surface area contributed by atoms with E-state index in [9.17, 15) is 9.59 Å². The van der Waals surface area contributed by atoms with Gasteiger partial charge in [0.2, 0.25) is 0 Å². The molecular formula is C13H12N4O2. The fourth-order valence-corrected chi connectivity index (χ4v) is 2.04. The Kier molecular flexibility index (Phi) is 2.38. The van der Waals surface area contributed by atoms with E-state index in [2.05, 4.69) is 9.97 Å². The molecule has 3 aromatic rings. The minimum atomic E-state index is -0.344. The van der Waals surface area contributed by atoms with Crippen LogP contribution in [-0.2, 0) is 7.05 Å². The summed E-state index contributed by atoms with van der Waals surface area (Å²) in [6.07, 6.45) is 3.25. The second-order valence-corrected chi connectivity index (χ2v) is 4.42. The summed E-state index contributed by atoms with van der Waals surface area (Å²) in [5, 5.41) is 0. The molecule has 0 atom stereocenters. The highest BCUT2D eigenvalue weighted by Gasteiger charge is 2.11. The summed E-state index contributed by atoms with van der Waals surface area (Å²) in [5.74, 6) is 0. The first kappa shape index (κ1) is 11.5. The van der Waals surface area contributed by atoms with Gasteiger partial charge in [0, 0.05) is 18.9 Å². The zero-order valence-corrected chi connectivity index (χ0v) is 10.5. The molecule has 0 spiro atoms. The molecule has 0 amide bonds. The van der Waals surface area contributed by atoms with Crippen LogP contribution in [0.2, 0.25) is 0 Å². The van der Waals surface area contributed by atoms with E-state index in [4.69, 9.17) is 0 Å². The molecule has 0 bridgehead atoms. The molecule has 6 nitrogen and oxygen atoms in total. The molecule has 96 valence electrons. The Morgan fingerprint density at radius 3 is 2.68 bits per heavy atom. The van der Waals surface area contributed by atoms with Crippen LogP contribution in [0.3, 0.4) is 0 Å². The first-order valence-corrected chi connectivity index (χ1v) is 5.81. The monoisotopic (exact) mass is 256 g/mol. The van der Waals surface area contributed by atoms with E-state index < -0.39 is 0 Å². The van der Waals surface area contributed by atoms with Crippen LogP contribution in [0, 0.1) is 6.92 Å². The van der Waals surface area contributed by atoms with Crippen molar-refractivity contribution < 1.29 is 0 Å². The third kappa shape index (κ3) is 1.69. The van der Waals surface area contributed by atoms with Crippen LogP contribution >= 0.6 is 0 Å². The largest absolute Gasteiger partial charge is 0.331 e. The quantitative estimate of drug-likeness (QED) is 0.697. The van der Waals surface area contributed by atoms with Crippen LogP contribution in [0.4, 0.5) is 0 Å². The van der Waals surface area contributed by atoms with Crippen molar-refractivity contribution in [1.82, 2.24) is 19.1 Å². The fourth-order valence-electron chi connectivity index (χ4n) is 2.04. The van der Waals surface area contributed by atoms with Crippen LogP contribution < -0.4 is 11.2 Å². The Bertz CT molecular complexity index is 868. The molecule has 19 heavy (non-hydrogen) atoms. The number of hydrogen-bond acceptors (Lipinski definition) is 3. The fraction of sp³-hybridized carbons (Fsp3) is 0.154. The van der Waals surface area contributed by atoms with Gasteiger partial charge in [0.1, 0.15) is 5.52 Å². The number of aromatic nitrogens is 4. The SMILES string of the molecule is Cc1ccc(-n2c(=O)[nH]c3c(=O)n(C)ccc32)cn1. The number of hydrogen-bond donors (Lipinski definition) is 1. The van der Waals surface area contributed by atoms with Crippen LogP contribution in [0.25, 0.3) is 16.7 Å². The Balaban J connectivity index is 2.39. The lowest BCUT2D eigenvalue weighted by Gasteiger charge is -2.03. The Morgan fingerprint density at radius 1 is 1.21 bits per heavy atom. The van der Waals surface area contributed by atoms with Gasteiger partial charge >= 0.3 is 5.69 Å². The number of nitrogens with one attached hydrogen (secondary N) is 1. The van der Waals surface area contributed by atoms with E-state index in [0.717, 1.165) is 5.69 Å². The zero-order valence-electron chi connectivity index (χ0n) is 10.5. The third-order valence-corrected chi connectivity index (χ3v) is 3.08. The molecule has 3 aromatic heterocycles. The maximum atomic E-state index is 12.0. The highest BCUT2D eigenvalue weighted by molar-refractivity contribution is 5.75. The van der Waals surface area contributed by atoms with Crippen molar-refractivity contribution in [2.45, 2.75) is 6.92 Å². The summed E-state index contributed by atoms with van der Waals surface area (Å²) in [7, 11) is 1.64. The maximum Gasteiger partial charge on any atom is 0.331 e. The summed E-state index contributed by atoms with van der Waals surface area (Å²) in [6.45, 7) is 1.87. The topological polar surface area (TPSA) is 72.7 Å². The smallest absolute Gasteiger partial charge is 0.317 e. The van der Waals surface area contributed by atoms with Gasteiger partial charge in [-0.1, -0.05) is 0 Å². The number of fused-ring (bicyclic) bond motifs is 1. The molecule has 3 rings (SSSR count). The lowest BCUT2D eigenvalue weighted by Crippen LogP contribution is -2.15. The van der Waals surface area contributed by atoms with Crippen molar-refractivity contribution in [3.63, 3.8) is 0 Å². The minimum absolute atomic E-state index is 0.228. The molecule has 6 heteroatoms. The van der Waals surface area contributed by atoms with Gasteiger partial charge in [0.05, 0.1) is 17.4 Å². The van der Waals surface area contributed by atoms with E-state index in [1.165, 1.54) is 9.13 Å². The van der Waals surface area contributed by atoms with Crippen molar-refractivity contribution in [1.29, 1.82) is 0 Å². The van der Waals surface area contributed by atoms with Gasteiger partial charge in [0.15, 0.2) is 0 Å². The van der Waals surface area contributed by atoms with Gasteiger partial charge in [-0.25, -0.2) is 4.79 Å². The number of rotatable bonds is 1. The lowest BCUT2D eigenvalue weighted by molar-refractivity contribution is 0.869. The van der Waals surface area contributed by atoms with Crippen LogP contribution in [0.5, 0.6) is 0 Å². The number of pyridine rings is 2. The van der Waals surface area contributed by atoms with Crippen molar-refractivity contribution >= 4 is 11.0 Å². The first-order valence-electron chi connectivity index (χ1n) is 5.81. The zero-order chi connectivity index (χ0) is 13.6.